The Morgan fingerprint density at radius 3 is 2.58 bits per heavy atom. The predicted molar refractivity (Wildman–Crippen MR) is 85.1 cm³/mol. The maximum atomic E-state index is 13.2. The molecule has 0 aliphatic carbocycles. The van der Waals surface area contributed by atoms with Crippen molar-refractivity contribution in [1.29, 1.82) is 5.26 Å². The monoisotopic (exact) mass is 322 g/mol. The summed E-state index contributed by atoms with van der Waals surface area (Å²) in [5.41, 5.74) is 0.456. The Morgan fingerprint density at radius 2 is 1.92 bits per heavy atom. The average molecular weight is 322 g/mol. The van der Waals surface area contributed by atoms with E-state index in [2.05, 4.69) is 0 Å². The third-order valence-electron chi connectivity index (χ3n) is 4.45. The Balaban J connectivity index is 1.93. The lowest BCUT2D eigenvalue weighted by Crippen LogP contribution is -2.36. The van der Waals surface area contributed by atoms with E-state index in [4.69, 9.17) is 5.26 Å². The van der Waals surface area contributed by atoms with Crippen LogP contribution in [0.5, 0.6) is 0 Å². The summed E-state index contributed by atoms with van der Waals surface area (Å²) in [5.74, 6) is -1.12. The van der Waals surface area contributed by atoms with Gasteiger partial charge >= 0.3 is 0 Å². The van der Waals surface area contributed by atoms with Crippen LogP contribution in [0.25, 0.3) is 0 Å². The predicted octanol–water partition coefficient (Wildman–Crippen LogP) is 2.91. The molecular formula is C19H15FN2O2. The summed E-state index contributed by atoms with van der Waals surface area (Å²) in [5, 5.41) is 9.12. The number of halogens is 1. The van der Waals surface area contributed by atoms with Gasteiger partial charge in [-0.1, -0.05) is 36.4 Å². The first-order chi connectivity index (χ1) is 11.5. The van der Waals surface area contributed by atoms with Gasteiger partial charge in [0.05, 0.1) is 23.6 Å². The Kier molecular flexibility index (Phi) is 3.90. The molecule has 4 nitrogen and oxygen atoms in total. The zero-order valence-corrected chi connectivity index (χ0v) is 13.1. The van der Waals surface area contributed by atoms with Gasteiger partial charge in [-0.2, -0.15) is 5.26 Å². The fraction of sp³-hybridized carbons (Fsp3) is 0.211. The molecule has 2 aromatic carbocycles. The maximum absolute atomic E-state index is 13.2. The first-order valence-electron chi connectivity index (χ1n) is 7.54. The molecule has 0 spiro atoms. The zero-order chi connectivity index (χ0) is 17.3. The Labute approximate surface area is 139 Å². The van der Waals surface area contributed by atoms with Gasteiger partial charge in [0.1, 0.15) is 5.82 Å². The first kappa shape index (κ1) is 15.9. The van der Waals surface area contributed by atoms with Gasteiger partial charge in [-0.3, -0.25) is 14.5 Å². The molecule has 120 valence electrons. The minimum Gasteiger partial charge on any atom is -0.277 e. The molecule has 5 heteroatoms. The summed E-state index contributed by atoms with van der Waals surface area (Å²) < 4.78 is 13.2. The van der Waals surface area contributed by atoms with E-state index in [9.17, 15) is 14.0 Å². The van der Waals surface area contributed by atoms with Gasteiger partial charge < -0.3 is 0 Å². The van der Waals surface area contributed by atoms with E-state index in [0.29, 0.717) is 5.56 Å². The average Bonchev–Trinajstić information content (AvgIpc) is 2.81. The van der Waals surface area contributed by atoms with E-state index in [1.54, 1.807) is 6.92 Å². The van der Waals surface area contributed by atoms with Crippen LogP contribution in [0.2, 0.25) is 0 Å². The molecule has 0 N–H and O–H groups in total. The molecular weight excluding hydrogens is 307 g/mol. The van der Waals surface area contributed by atoms with Crippen LogP contribution in [0.15, 0.2) is 48.5 Å². The molecule has 0 saturated carbocycles. The van der Waals surface area contributed by atoms with Crippen LogP contribution < -0.4 is 0 Å². The fourth-order valence-electron chi connectivity index (χ4n) is 3.04. The molecule has 0 aromatic heterocycles. The number of rotatable bonds is 3. The summed E-state index contributed by atoms with van der Waals surface area (Å²) in [6.45, 7) is 1.72. The summed E-state index contributed by atoms with van der Waals surface area (Å²) in [7, 11) is 0. The highest BCUT2D eigenvalue weighted by Gasteiger charge is 2.49. The SMILES string of the molecule is C[C@]1(c2ccccc2)CC(=O)N(Cc2ccc(F)cc2C#N)C1=O. The highest BCUT2D eigenvalue weighted by Crippen LogP contribution is 2.37. The van der Waals surface area contributed by atoms with Crippen molar-refractivity contribution < 1.29 is 14.0 Å². The number of carbonyl (C=O) groups is 2. The van der Waals surface area contributed by atoms with Crippen molar-refractivity contribution in [2.45, 2.75) is 25.3 Å². The molecule has 0 unspecified atom stereocenters. The second kappa shape index (κ2) is 5.89. The van der Waals surface area contributed by atoms with E-state index in [0.717, 1.165) is 16.5 Å². The van der Waals surface area contributed by atoms with Gasteiger partial charge in [-0.05, 0) is 30.2 Å². The quantitative estimate of drug-likeness (QED) is 0.816. The topological polar surface area (TPSA) is 61.2 Å². The van der Waals surface area contributed by atoms with Crippen molar-refractivity contribution in [2.24, 2.45) is 0 Å². The maximum Gasteiger partial charge on any atom is 0.240 e. The number of imide groups is 1. The second-order valence-electron chi connectivity index (χ2n) is 6.07. The molecule has 1 aliphatic rings. The molecule has 3 rings (SSSR count). The number of hydrogen-bond acceptors (Lipinski definition) is 3. The van der Waals surface area contributed by atoms with Gasteiger partial charge in [0.15, 0.2) is 0 Å². The number of amides is 2. The molecule has 0 radical (unpaired) electrons. The van der Waals surface area contributed by atoms with Crippen molar-refractivity contribution in [3.63, 3.8) is 0 Å². The van der Waals surface area contributed by atoms with Crippen LogP contribution in [0.4, 0.5) is 4.39 Å². The molecule has 1 heterocycles. The lowest BCUT2D eigenvalue weighted by molar-refractivity contribution is -0.140. The van der Waals surface area contributed by atoms with Crippen molar-refractivity contribution in [3.05, 3.63) is 71.0 Å². The number of carbonyl (C=O) groups excluding carboxylic acids is 2. The van der Waals surface area contributed by atoms with Crippen LogP contribution in [-0.4, -0.2) is 16.7 Å². The third-order valence-corrected chi connectivity index (χ3v) is 4.45. The molecule has 1 atom stereocenters. The summed E-state index contributed by atoms with van der Waals surface area (Å²) in [6.07, 6.45) is 0.0823. The van der Waals surface area contributed by atoms with Crippen LogP contribution in [0.3, 0.4) is 0 Å². The van der Waals surface area contributed by atoms with E-state index in [-0.39, 0.29) is 30.3 Å². The van der Waals surface area contributed by atoms with Crippen molar-refractivity contribution >= 4 is 11.8 Å². The van der Waals surface area contributed by atoms with Crippen molar-refractivity contribution in [3.8, 4) is 6.07 Å². The lowest BCUT2D eigenvalue weighted by atomic mass is 9.81. The fourth-order valence-corrected chi connectivity index (χ4v) is 3.04. The van der Waals surface area contributed by atoms with E-state index in [1.807, 2.05) is 36.4 Å². The minimum absolute atomic E-state index is 0.0245. The standard InChI is InChI=1S/C19H15FN2O2/c1-19(15-5-3-2-4-6-15)10-17(23)22(18(19)24)12-13-7-8-16(20)9-14(13)11-21/h2-9H,10,12H2,1H3/t19-/m1/s1. The molecule has 2 amide bonds. The van der Waals surface area contributed by atoms with Crippen LogP contribution in [0.1, 0.15) is 30.0 Å². The highest BCUT2D eigenvalue weighted by atomic mass is 19.1. The summed E-state index contributed by atoms with van der Waals surface area (Å²) in [6, 6.07) is 14.8. The van der Waals surface area contributed by atoms with Gasteiger partial charge in [0.2, 0.25) is 11.8 Å². The molecule has 2 aromatic rings. The smallest absolute Gasteiger partial charge is 0.240 e. The van der Waals surface area contributed by atoms with Crippen molar-refractivity contribution in [1.82, 2.24) is 4.90 Å². The third kappa shape index (κ3) is 2.56. The number of nitrogens with zero attached hydrogens (tertiary/aromatic N) is 2. The normalized spacial score (nSPS) is 20.3. The molecule has 1 saturated heterocycles. The number of hydrogen-bond donors (Lipinski definition) is 0. The van der Waals surface area contributed by atoms with Crippen LogP contribution in [-0.2, 0) is 21.5 Å². The largest absolute Gasteiger partial charge is 0.277 e. The zero-order valence-electron chi connectivity index (χ0n) is 13.1. The number of benzene rings is 2. The van der Waals surface area contributed by atoms with E-state index >= 15 is 0 Å². The van der Waals surface area contributed by atoms with E-state index in [1.165, 1.54) is 12.1 Å². The summed E-state index contributed by atoms with van der Waals surface area (Å²) >= 11 is 0. The number of nitriles is 1. The van der Waals surface area contributed by atoms with Gasteiger partial charge in [0, 0.05) is 6.42 Å². The Morgan fingerprint density at radius 1 is 1.21 bits per heavy atom. The minimum atomic E-state index is -0.912. The molecule has 1 fully saturated rings. The van der Waals surface area contributed by atoms with Gasteiger partial charge in [-0.25, -0.2) is 4.39 Å². The van der Waals surface area contributed by atoms with Gasteiger partial charge in [-0.15, -0.1) is 0 Å². The van der Waals surface area contributed by atoms with Crippen molar-refractivity contribution in [2.75, 3.05) is 0 Å². The molecule has 24 heavy (non-hydrogen) atoms. The second-order valence-corrected chi connectivity index (χ2v) is 6.07. The lowest BCUT2D eigenvalue weighted by Gasteiger charge is -2.23. The highest BCUT2D eigenvalue weighted by molar-refractivity contribution is 6.08. The Hall–Kier alpha value is -3.00. The van der Waals surface area contributed by atoms with E-state index < -0.39 is 11.2 Å². The van der Waals surface area contributed by atoms with Crippen LogP contribution in [0, 0.1) is 17.1 Å². The Bertz CT molecular complexity index is 857. The summed E-state index contributed by atoms with van der Waals surface area (Å²) in [4.78, 5) is 26.4. The first-order valence-corrected chi connectivity index (χ1v) is 7.54. The molecule has 0 bridgehead atoms. The number of likely N-dealkylation sites (tertiary alicyclic amines) is 1. The van der Waals surface area contributed by atoms with Crippen LogP contribution >= 0.6 is 0 Å². The molecule has 1 aliphatic heterocycles. The van der Waals surface area contributed by atoms with Gasteiger partial charge in [0.25, 0.3) is 0 Å².